The van der Waals surface area contributed by atoms with E-state index in [0.717, 1.165) is 109 Å². The number of nitriles is 1. The second-order valence-electron chi connectivity index (χ2n) is 52.1. The van der Waals surface area contributed by atoms with Gasteiger partial charge in [-0.3, -0.25) is 52.7 Å². The van der Waals surface area contributed by atoms with Gasteiger partial charge in [-0.05, 0) is 358 Å². The van der Waals surface area contributed by atoms with Crippen molar-refractivity contribution in [2.75, 3.05) is 19.8 Å². The molecule has 7 aliphatic carbocycles. The Morgan fingerprint density at radius 2 is 0.645 bits per heavy atom. The van der Waals surface area contributed by atoms with Crippen LogP contribution < -0.4 is 0 Å². The van der Waals surface area contributed by atoms with E-state index in [2.05, 4.69) is 87.0 Å². The Labute approximate surface area is 853 Å². The number of esters is 11. The predicted octanol–water partition coefficient (Wildman–Crippen LogP) is 27.3. The summed E-state index contributed by atoms with van der Waals surface area (Å²) in [5, 5.41) is 9.31. The maximum Gasteiger partial charge on any atom is 0.508 e. The van der Waals surface area contributed by atoms with E-state index in [9.17, 15) is 62.8 Å². The first-order valence-electron chi connectivity index (χ1n) is 53.8. The number of rotatable bonds is 27. The van der Waals surface area contributed by atoms with Gasteiger partial charge in [0.25, 0.3) is 0 Å². The lowest BCUT2D eigenvalue weighted by Gasteiger charge is -2.42. The summed E-state index contributed by atoms with van der Waals surface area (Å²) in [7, 11) is 0. The van der Waals surface area contributed by atoms with Crippen LogP contribution in [-0.2, 0) is 114 Å². The Morgan fingerprint density at radius 3 is 0.929 bits per heavy atom. The third-order valence-corrected chi connectivity index (χ3v) is 32.9. The molecule has 0 radical (unpaired) electrons. The number of ether oxygens (including phenoxy) is 13. The summed E-state index contributed by atoms with van der Waals surface area (Å²) in [4.78, 5) is 141. The van der Waals surface area contributed by atoms with Crippen molar-refractivity contribution >= 4 is 71.8 Å². The van der Waals surface area contributed by atoms with E-state index in [0.29, 0.717) is 25.7 Å². The van der Waals surface area contributed by atoms with Crippen molar-refractivity contribution < 1.29 is 119 Å². The summed E-state index contributed by atoms with van der Waals surface area (Å²) >= 11 is 0. The van der Waals surface area contributed by atoms with Gasteiger partial charge in [0, 0.05) is 28.1 Å². The predicted molar refractivity (Wildman–Crippen MR) is 550 cm³/mol. The fourth-order valence-electron chi connectivity index (χ4n) is 17.1. The van der Waals surface area contributed by atoms with E-state index < -0.39 is 46.0 Å². The number of carbonyl (C=O) groups is 12. The lowest BCUT2D eigenvalue weighted by molar-refractivity contribution is -0.183. The smallest absolute Gasteiger partial charge is 0.462 e. The number of hydrogen-bond acceptors (Lipinski definition) is 26. The van der Waals surface area contributed by atoms with E-state index in [4.69, 9.17) is 56.8 Å². The molecule has 3 aliphatic heterocycles. The molecule has 2 bridgehead atoms. The molecule has 141 heavy (non-hydrogen) atoms. The van der Waals surface area contributed by atoms with E-state index in [1.807, 2.05) is 208 Å². The monoisotopic (exact) mass is 2000 g/mol. The van der Waals surface area contributed by atoms with Gasteiger partial charge in [0.2, 0.25) is 0 Å². The first kappa shape index (κ1) is 130. The molecular weight excluding hydrogens is 1800 g/mol. The largest absolute Gasteiger partial charge is 0.508 e. The molecule has 0 aromatic rings. The summed E-state index contributed by atoms with van der Waals surface area (Å²) in [5.41, 5.74) is -5.94. The van der Waals surface area contributed by atoms with Crippen molar-refractivity contribution in [3.05, 3.63) is 0 Å². The molecule has 10 rings (SSSR count). The Kier molecular flexibility index (Phi) is 47.9. The molecule has 3 saturated heterocycles. The molecule has 10 fully saturated rings. The molecule has 7 atom stereocenters. The summed E-state index contributed by atoms with van der Waals surface area (Å²) in [6.07, 6.45) is 29.4. The zero-order valence-corrected chi connectivity index (χ0v) is 96.6. The Balaban J connectivity index is 0.000000538. The third kappa shape index (κ3) is 37.1. The van der Waals surface area contributed by atoms with Crippen molar-refractivity contribution in [1.29, 1.82) is 5.26 Å². The molecular formula is C115H201NO25. The van der Waals surface area contributed by atoms with Gasteiger partial charge >= 0.3 is 71.8 Å². The average Bonchev–Trinajstić information content (AvgIpc) is 1.53. The fourth-order valence-corrected chi connectivity index (χ4v) is 17.1. The van der Waals surface area contributed by atoms with Crippen LogP contribution in [0.15, 0.2) is 0 Å². The molecule has 7 saturated carbocycles. The van der Waals surface area contributed by atoms with Crippen molar-refractivity contribution in [3.8, 4) is 6.07 Å². The van der Waals surface area contributed by atoms with Crippen LogP contribution in [0.3, 0.4) is 0 Å². The number of cyclic esters (lactones) is 3. The molecule has 26 heteroatoms. The second kappa shape index (κ2) is 52.0. The minimum absolute atomic E-state index is 0.0307. The highest BCUT2D eigenvalue weighted by molar-refractivity contribution is 5.85. The van der Waals surface area contributed by atoms with Crippen molar-refractivity contribution in [1.82, 2.24) is 0 Å². The van der Waals surface area contributed by atoms with Crippen LogP contribution in [0.5, 0.6) is 0 Å². The van der Waals surface area contributed by atoms with Crippen LogP contribution in [0.25, 0.3) is 0 Å². The molecule has 3 heterocycles. The Bertz CT molecular complexity index is 3940. The zero-order chi connectivity index (χ0) is 109. The number of nitrogens with zero attached hydrogens (tertiary/aromatic N) is 1. The zero-order valence-electron chi connectivity index (χ0n) is 96.6. The van der Waals surface area contributed by atoms with Crippen LogP contribution in [0.1, 0.15) is 496 Å². The van der Waals surface area contributed by atoms with Gasteiger partial charge in [-0.2, -0.15) is 5.26 Å². The lowest BCUT2D eigenvalue weighted by Crippen LogP contribution is -2.47. The summed E-state index contributed by atoms with van der Waals surface area (Å²) in [6.45, 7) is 82.3. The topological polar surface area (TPSA) is 349 Å². The molecule has 816 valence electrons. The molecule has 0 aromatic carbocycles. The molecule has 0 amide bonds. The number of hydrogen-bond donors (Lipinski definition) is 0. The van der Waals surface area contributed by atoms with Gasteiger partial charge in [-0.1, -0.05) is 131 Å². The molecule has 26 nitrogen and oxygen atoms in total. The first-order valence-corrected chi connectivity index (χ1v) is 53.8. The molecule has 0 spiro atoms. The SMILES string of the molecule is CCC(C)(C)C(=O)OC(C)(C)C.CCC(C)(C)C(=O)OC1(C(C)(C)C)CCCC1.CCC(C)(C)C(=O)OC1(C(C)(C)C)CCCC1.CCC(C)(C)C(=O)OC1(C(C)(C)C)CCCC1.CCC(C)(C)C(=O)OC1(C)CCCC1.CCC(C)(C)C(=O)OC1(C)CCCCC1.CCC(C)(C)C(=O)OC1C2CC3C1OC(=O)C3(C#N)C2.CCC(C)(C)C(=O)OC1COC(=O)C1.CCC(C)(C)C(=O)OCC1COC(=O)O1. The van der Waals surface area contributed by atoms with Gasteiger partial charge < -0.3 is 61.6 Å². The highest BCUT2D eigenvalue weighted by Crippen LogP contribution is 2.63. The van der Waals surface area contributed by atoms with E-state index >= 15 is 0 Å². The van der Waals surface area contributed by atoms with E-state index in [1.165, 1.54) is 70.6 Å². The van der Waals surface area contributed by atoms with Crippen LogP contribution in [0.2, 0.25) is 0 Å². The van der Waals surface area contributed by atoms with E-state index in [1.54, 1.807) is 0 Å². The first-order chi connectivity index (χ1) is 64.2. The average molecular weight is 2000 g/mol. The summed E-state index contributed by atoms with van der Waals surface area (Å²) < 4.78 is 69.7. The van der Waals surface area contributed by atoms with Crippen molar-refractivity contribution in [2.24, 2.45) is 82.2 Å². The molecule has 10 aliphatic rings. The third-order valence-electron chi connectivity index (χ3n) is 32.9. The van der Waals surface area contributed by atoms with Crippen LogP contribution in [-0.4, -0.2) is 150 Å². The standard InChI is InChI=1S/C15H19NO4.3C15H28O2.C13H24O2.C12H22O2.C10H16O5.C10H16O4.C10H20O2/c1-4-14(2,3)12(17)19-10-8-5-9-11(10)20-13(18)15(9,6-8)7-16;3*1-7-14(5,6)12(16)17-15(13(2,3)4)10-8-9-11-15;1-5-12(2,3)11(14)15-13(4)9-7-6-8-10-13;1-5-11(2,3)10(13)14-12(4)8-6-7-9-12;1-4-10(2,3)8(11)13-5-7-6-14-9(12)15-7;1-4-10(2,3)9(12)14-7-5-8(11)13-6-7;1-7-10(5,6)8(11)12-9(2,3)4/h8-11H,4-6H2,1-3H3;3*7-11H2,1-6H3;5-10H2,1-4H3;5-9H2,1-4H3;7H,4-6H2,1-3H3;7H,4-6H2,1-3H3;7H2,1-6H3. The quantitative estimate of drug-likeness (QED) is 0.0544. The highest BCUT2D eigenvalue weighted by Gasteiger charge is 2.72. The molecule has 0 aromatic heterocycles. The van der Waals surface area contributed by atoms with Gasteiger partial charge in [0.05, 0.1) is 61.2 Å². The van der Waals surface area contributed by atoms with Crippen LogP contribution >= 0.6 is 0 Å². The Morgan fingerprint density at radius 1 is 0.355 bits per heavy atom. The number of carbonyl (C=O) groups excluding carboxylic acids is 12. The minimum atomic E-state index is -0.974. The van der Waals surface area contributed by atoms with Crippen LogP contribution in [0, 0.1) is 93.6 Å². The normalized spacial score (nSPS) is 23.0. The summed E-state index contributed by atoms with van der Waals surface area (Å²) in [5.74, 6) is -1.82. The van der Waals surface area contributed by atoms with Gasteiger partial charge in [-0.25, -0.2) is 4.79 Å². The molecule has 0 N–H and O–H groups in total. The minimum Gasteiger partial charge on any atom is -0.462 e. The van der Waals surface area contributed by atoms with Crippen molar-refractivity contribution in [3.63, 3.8) is 0 Å². The lowest BCUT2D eigenvalue weighted by atomic mass is 9.74. The van der Waals surface area contributed by atoms with Gasteiger partial charge in [-0.15, -0.1) is 0 Å². The van der Waals surface area contributed by atoms with Crippen molar-refractivity contribution in [2.45, 2.75) is 554 Å². The number of fused-ring (bicyclic) bond motifs is 1. The highest BCUT2D eigenvalue weighted by atomic mass is 16.8. The van der Waals surface area contributed by atoms with Gasteiger partial charge in [0.15, 0.2) is 11.5 Å². The molecule has 7 unspecified atom stereocenters. The van der Waals surface area contributed by atoms with E-state index in [-0.39, 0.29) is 192 Å². The maximum absolute atomic E-state index is 12.3. The summed E-state index contributed by atoms with van der Waals surface area (Å²) in [6, 6.07) is 2.15. The van der Waals surface area contributed by atoms with Crippen LogP contribution in [0.4, 0.5) is 4.79 Å². The fraction of sp³-hybridized carbons (Fsp3) is 0.887. The van der Waals surface area contributed by atoms with Gasteiger partial charge in [0.1, 0.15) is 71.7 Å². The Hall–Kier alpha value is -7.07. The maximum atomic E-state index is 12.3. The second-order valence-corrected chi connectivity index (χ2v) is 52.1.